The third-order valence-electron chi connectivity index (χ3n) is 3.30. The molecule has 1 amide bonds. The van der Waals surface area contributed by atoms with Crippen LogP contribution in [0.3, 0.4) is 0 Å². The van der Waals surface area contributed by atoms with E-state index in [1.807, 2.05) is 39.0 Å². The molecule has 0 unspecified atom stereocenters. The molecule has 1 fully saturated rings. The third-order valence-corrected chi connectivity index (χ3v) is 3.30. The van der Waals surface area contributed by atoms with Crippen molar-refractivity contribution in [3.63, 3.8) is 0 Å². The van der Waals surface area contributed by atoms with Gasteiger partial charge in [0.25, 0.3) is 0 Å². The van der Waals surface area contributed by atoms with E-state index in [0.717, 1.165) is 24.5 Å². The lowest BCUT2D eigenvalue weighted by molar-refractivity contribution is -0.123. The summed E-state index contributed by atoms with van der Waals surface area (Å²) < 4.78 is 5.37. The molecule has 1 saturated heterocycles. The maximum Gasteiger partial charge on any atom is 0.229 e. The molecule has 1 aliphatic rings. The molecule has 3 N–H and O–H groups in total. The van der Waals surface area contributed by atoms with Crippen LogP contribution in [0.5, 0.6) is 0 Å². The fourth-order valence-corrected chi connectivity index (χ4v) is 2.04. The minimum absolute atomic E-state index is 0.0161. The highest BCUT2D eigenvalue weighted by atomic mass is 16.5. The number of nitrogens with two attached hydrogens (primary N) is 1. The van der Waals surface area contributed by atoms with Crippen molar-refractivity contribution in [3.8, 4) is 0 Å². The number of nitrogens with one attached hydrogen (secondary N) is 1. The number of hydrogen-bond acceptors (Lipinski definition) is 4. The minimum atomic E-state index is -0.438. The zero-order chi connectivity index (χ0) is 14.8. The molecule has 20 heavy (non-hydrogen) atoms. The van der Waals surface area contributed by atoms with Crippen LogP contribution in [0.4, 0.5) is 17.1 Å². The number of rotatable bonds is 2. The van der Waals surface area contributed by atoms with Gasteiger partial charge in [0.2, 0.25) is 5.91 Å². The summed E-state index contributed by atoms with van der Waals surface area (Å²) in [5.41, 5.74) is 7.82. The van der Waals surface area contributed by atoms with E-state index in [9.17, 15) is 4.79 Å². The summed E-state index contributed by atoms with van der Waals surface area (Å²) in [5, 5.41) is 2.99. The van der Waals surface area contributed by atoms with Crippen LogP contribution in [0.25, 0.3) is 0 Å². The van der Waals surface area contributed by atoms with Crippen molar-refractivity contribution < 1.29 is 9.53 Å². The second-order valence-electron chi connectivity index (χ2n) is 6.08. The van der Waals surface area contributed by atoms with Gasteiger partial charge < -0.3 is 20.7 Å². The Morgan fingerprint density at radius 2 is 1.95 bits per heavy atom. The molecule has 0 spiro atoms. The Morgan fingerprint density at radius 3 is 2.55 bits per heavy atom. The molecule has 2 rings (SSSR count). The van der Waals surface area contributed by atoms with Crippen molar-refractivity contribution in [1.82, 2.24) is 0 Å². The zero-order valence-corrected chi connectivity index (χ0v) is 12.4. The van der Waals surface area contributed by atoms with Gasteiger partial charge in [0, 0.05) is 24.2 Å². The number of anilines is 3. The van der Waals surface area contributed by atoms with Crippen molar-refractivity contribution in [2.75, 3.05) is 42.3 Å². The molecule has 0 bridgehead atoms. The number of hydrogen-bond donors (Lipinski definition) is 2. The first kappa shape index (κ1) is 14.7. The van der Waals surface area contributed by atoms with Crippen molar-refractivity contribution in [3.05, 3.63) is 18.2 Å². The number of ether oxygens (including phenoxy) is 1. The van der Waals surface area contributed by atoms with Crippen LogP contribution in [0.2, 0.25) is 0 Å². The minimum Gasteiger partial charge on any atom is -0.399 e. The number of amides is 1. The normalized spacial score (nSPS) is 16.1. The first-order chi connectivity index (χ1) is 9.38. The Hall–Kier alpha value is -1.75. The number of nitrogens with zero attached hydrogens (tertiary/aromatic N) is 1. The van der Waals surface area contributed by atoms with E-state index in [1.54, 1.807) is 0 Å². The average molecular weight is 277 g/mol. The van der Waals surface area contributed by atoms with E-state index in [1.165, 1.54) is 0 Å². The number of benzene rings is 1. The molecule has 1 aromatic rings. The van der Waals surface area contributed by atoms with E-state index in [0.29, 0.717) is 18.9 Å². The first-order valence-corrected chi connectivity index (χ1v) is 6.91. The second-order valence-corrected chi connectivity index (χ2v) is 6.08. The summed E-state index contributed by atoms with van der Waals surface area (Å²) in [5.74, 6) is -0.0161. The van der Waals surface area contributed by atoms with E-state index in [4.69, 9.17) is 10.5 Å². The fourth-order valence-electron chi connectivity index (χ4n) is 2.04. The van der Waals surface area contributed by atoms with Gasteiger partial charge >= 0.3 is 0 Å². The maximum absolute atomic E-state index is 12.2. The molecule has 110 valence electrons. The Kier molecular flexibility index (Phi) is 4.18. The quantitative estimate of drug-likeness (QED) is 0.812. The van der Waals surface area contributed by atoms with Gasteiger partial charge in [-0.2, -0.15) is 0 Å². The van der Waals surface area contributed by atoms with Crippen molar-refractivity contribution in [2.45, 2.75) is 20.8 Å². The smallest absolute Gasteiger partial charge is 0.229 e. The molecule has 1 heterocycles. The van der Waals surface area contributed by atoms with Crippen molar-refractivity contribution >= 4 is 23.0 Å². The second kappa shape index (κ2) is 5.71. The molecule has 5 nitrogen and oxygen atoms in total. The van der Waals surface area contributed by atoms with Crippen LogP contribution in [0.15, 0.2) is 18.2 Å². The Bertz CT molecular complexity index is 488. The molecule has 0 radical (unpaired) electrons. The van der Waals surface area contributed by atoms with Gasteiger partial charge in [0.15, 0.2) is 0 Å². The highest BCUT2D eigenvalue weighted by molar-refractivity contribution is 5.98. The van der Waals surface area contributed by atoms with E-state index in [-0.39, 0.29) is 5.91 Å². The number of nitrogen functional groups attached to an aromatic ring is 1. The van der Waals surface area contributed by atoms with Gasteiger partial charge in [-0.05, 0) is 18.2 Å². The summed E-state index contributed by atoms with van der Waals surface area (Å²) in [6.45, 7) is 8.73. The fraction of sp³-hybridized carbons (Fsp3) is 0.533. The summed E-state index contributed by atoms with van der Waals surface area (Å²) in [6.07, 6.45) is 0. The molecule has 0 aliphatic carbocycles. The molecule has 0 atom stereocenters. The average Bonchev–Trinajstić information content (AvgIpc) is 2.39. The number of morpholine rings is 1. The summed E-state index contributed by atoms with van der Waals surface area (Å²) >= 11 is 0. The van der Waals surface area contributed by atoms with Crippen molar-refractivity contribution in [2.24, 2.45) is 5.41 Å². The lowest BCUT2D eigenvalue weighted by atomic mass is 9.95. The van der Waals surface area contributed by atoms with Crippen molar-refractivity contribution in [1.29, 1.82) is 0 Å². The maximum atomic E-state index is 12.2. The van der Waals surface area contributed by atoms with Crippen LogP contribution in [-0.2, 0) is 9.53 Å². The SMILES string of the molecule is CC(C)(C)C(=O)Nc1cc(N)ccc1N1CCOCC1. The topological polar surface area (TPSA) is 67.6 Å². The van der Waals surface area contributed by atoms with Crippen LogP contribution in [0.1, 0.15) is 20.8 Å². The summed E-state index contributed by atoms with van der Waals surface area (Å²) in [6, 6.07) is 5.63. The van der Waals surface area contributed by atoms with Gasteiger partial charge in [0.05, 0.1) is 24.6 Å². The Labute approximate surface area is 120 Å². The molecule has 1 aliphatic heterocycles. The monoisotopic (exact) mass is 277 g/mol. The molecular weight excluding hydrogens is 254 g/mol. The molecule has 0 saturated carbocycles. The third kappa shape index (κ3) is 3.42. The predicted molar refractivity (Wildman–Crippen MR) is 82.0 cm³/mol. The zero-order valence-electron chi connectivity index (χ0n) is 12.4. The predicted octanol–water partition coefficient (Wildman–Crippen LogP) is 2.09. The van der Waals surface area contributed by atoms with Crippen LogP contribution >= 0.6 is 0 Å². The van der Waals surface area contributed by atoms with Crippen LogP contribution < -0.4 is 16.0 Å². The molecule has 1 aromatic carbocycles. The van der Waals surface area contributed by atoms with Gasteiger partial charge in [-0.1, -0.05) is 20.8 Å². The number of carbonyl (C=O) groups excluding carboxylic acids is 1. The summed E-state index contributed by atoms with van der Waals surface area (Å²) in [4.78, 5) is 14.4. The first-order valence-electron chi connectivity index (χ1n) is 6.91. The van der Waals surface area contributed by atoms with Gasteiger partial charge in [-0.25, -0.2) is 0 Å². The lowest BCUT2D eigenvalue weighted by Gasteiger charge is -2.31. The Balaban J connectivity index is 2.26. The largest absolute Gasteiger partial charge is 0.399 e. The molecular formula is C15H23N3O2. The van der Waals surface area contributed by atoms with Gasteiger partial charge in [-0.3, -0.25) is 4.79 Å². The van der Waals surface area contributed by atoms with Crippen LogP contribution in [-0.4, -0.2) is 32.2 Å². The van der Waals surface area contributed by atoms with E-state index in [2.05, 4.69) is 10.2 Å². The highest BCUT2D eigenvalue weighted by Gasteiger charge is 2.23. The van der Waals surface area contributed by atoms with Gasteiger partial charge in [0.1, 0.15) is 0 Å². The highest BCUT2D eigenvalue weighted by Crippen LogP contribution is 2.30. The van der Waals surface area contributed by atoms with E-state index < -0.39 is 5.41 Å². The standard InChI is InChI=1S/C15H23N3O2/c1-15(2,3)14(19)17-12-10-11(16)4-5-13(12)18-6-8-20-9-7-18/h4-5,10H,6-9,16H2,1-3H3,(H,17,19). The van der Waals surface area contributed by atoms with E-state index >= 15 is 0 Å². The van der Waals surface area contributed by atoms with Crippen LogP contribution in [0, 0.1) is 5.41 Å². The summed E-state index contributed by atoms with van der Waals surface area (Å²) in [7, 11) is 0. The van der Waals surface area contributed by atoms with Gasteiger partial charge in [-0.15, -0.1) is 0 Å². The Morgan fingerprint density at radius 1 is 1.30 bits per heavy atom. The molecule has 5 heteroatoms. The number of carbonyl (C=O) groups is 1. The lowest BCUT2D eigenvalue weighted by Crippen LogP contribution is -2.37. The molecule has 0 aromatic heterocycles.